The fraction of sp³-hybridized carbons (Fsp3) is 0.200. The highest BCUT2D eigenvalue weighted by Gasteiger charge is 2.06. The molecule has 114 valence electrons. The Morgan fingerprint density at radius 3 is 3.05 bits per heavy atom. The van der Waals surface area contributed by atoms with E-state index in [9.17, 15) is 14.9 Å². The van der Waals surface area contributed by atoms with E-state index in [0.717, 1.165) is 0 Å². The minimum absolute atomic E-state index is 0.00367. The first kappa shape index (κ1) is 15.4. The molecule has 1 N–H and O–H groups in total. The quantitative estimate of drug-likeness (QED) is 0.502. The van der Waals surface area contributed by atoms with Crippen LogP contribution in [-0.4, -0.2) is 26.4 Å². The van der Waals surface area contributed by atoms with E-state index in [-0.39, 0.29) is 17.6 Å². The third-order valence-electron chi connectivity index (χ3n) is 2.94. The summed E-state index contributed by atoms with van der Waals surface area (Å²) in [6.07, 6.45) is 8.09. The molecule has 0 saturated carbocycles. The van der Waals surface area contributed by atoms with Crippen LogP contribution >= 0.6 is 0 Å². The van der Waals surface area contributed by atoms with Crippen molar-refractivity contribution in [3.63, 3.8) is 0 Å². The molecule has 0 aliphatic rings. The highest BCUT2D eigenvalue weighted by atomic mass is 16.6. The molecule has 7 nitrogen and oxygen atoms in total. The molecular formula is C15H16N4O3. The van der Waals surface area contributed by atoms with Gasteiger partial charge < -0.3 is 9.88 Å². The Bertz CT molecular complexity index is 680. The zero-order valence-corrected chi connectivity index (χ0v) is 12.0. The Morgan fingerprint density at radius 2 is 2.36 bits per heavy atom. The zero-order chi connectivity index (χ0) is 15.9. The van der Waals surface area contributed by atoms with E-state index in [4.69, 9.17) is 0 Å². The number of non-ortho nitro benzene ring substituents is 1. The number of aromatic nitrogens is 2. The maximum Gasteiger partial charge on any atom is 0.270 e. The van der Waals surface area contributed by atoms with E-state index in [1.807, 2.05) is 17.7 Å². The van der Waals surface area contributed by atoms with Gasteiger partial charge in [0.25, 0.3) is 5.69 Å². The van der Waals surface area contributed by atoms with Crippen molar-refractivity contribution in [2.75, 3.05) is 0 Å². The monoisotopic (exact) mass is 300 g/mol. The molecule has 22 heavy (non-hydrogen) atoms. The predicted octanol–water partition coefficient (Wildman–Crippen LogP) is 2.01. The Labute approximate surface area is 127 Å². The fourth-order valence-corrected chi connectivity index (χ4v) is 1.96. The largest absolute Gasteiger partial charge is 0.348 e. The Balaban J connectivity index is 1.90. The number of hydrogen-bond acceptors (Lipinski definition) is 4. The van der Waals surface area contributed by atoms with E-state index in [0.29, 0.717) is 12.1 Å². The molecule has 0 bridgehead atoms. The lowest BCUT2D eigenvalue weighted by Crippen LogP contribution is -2.34. The topological polar surface area (TPSA) is 90.1 Å². The average molecular weight is 300 g/mol. The third-order valence-corrected chi connectivity index (χ3v) is 2.94. The van der Waals surface area contributed by atoms with Crippen molar-refractivity contribution >= 4 is 17.7 Å². The second-order valence-electron chi connectivity index (χ2n) is 4.85. The standard InChI is InChI=1S/C15H16N4O3/c1-12(10-18-8-7-16-11-18)17-15(20)6-5-13-3-2-4-14(9-13)19(21)22/h2-9,11-12H,10H2,1H3,(H,17,20). The Hall–Kier alpha value is -2.96. The molecule has 2 rings (SSSR count). The van der Waals surface area contributed by atoms with Gasteiger partial charge in [0.15, 0.2) is 0 Å². The molecule has 1 atom stereocenters. The van der Waals surface area contributed by atoms with Gasteiger partial charge >= 0.3 is 0 Å². The molecule has 1 aromatic carbocycles. The van der Waals surface area contributed by atoms with Gasteiger partial charge in [0.2, 0.25) is 5.91 Å². The molecule has 1 aromatic heterocycles. The van der Waals surface area contributed by atoms with Gasteiger partial charge in [-0.1, -0.05) is 12.1 Å². The number of carbonyl (C=O) groups is 1. The molecule has 2 aromatic rings. The van der Waals surface area contributed by atoms with Crippen molar-refractivity contribution in [1.82, 2.24) is 14.9 Å². The molecule has 1 unspecified atom stereocenters. The van der Waals surface area contributed by atoms with Crippen molar-refractivity contribution in [3.8, 4) is 0 Å². The molecular weight excluding hydrogens is 284 g/mol. The van der Waals surface area contributed by atoms with Gasteiger partial charge in [-0.15, -0.1) is 0 Å². The summed E-state index contributed by atoms with van der Waals surface area (Å²) in [4.78, 5) is 26.0. The number of amides is 1. The normalized spacial score (nSPS) is 12.2. The summed E-state index contributed by atoms with van der Waals surface area (Å²) in [5.74, 6) is -0.251. The van der Waals surface area contributed by atoms with E-state index in [1.165, 1.54) is 18.2 Å². The van der Waals surface area contributed by atoms with Gasteiger partial charge in [0.05, 0.1) is 11.3 Å². The molecule has 0 aliphatic carbocycles. The second kappa shape index (κ2) is 7.16. The highest BCUT2D eigenvalue weighted by Crippen LogP contribution is 2.13. The Kier molecular flexibility index (Phi) is 5.02. The van der Waals surface area contributed by atoms with Gasteiger partial charge in [0, 0.05) is 43.2 Å². The molecule has 0 radical (unpaired) electrons. The summed E-state index contributed by atoms with van der Waals surface area (Å²) < 4.78 is 1.87. The fourth-order valence-electron chi connectivity index (χ4n) is 1.96. The van der Waals surface area contributed by atoms with Gasteiger partial charge in [0.1, 0.15) is 0 Å². The minimum Gasteiger partial charge on any atom is -0.348 e. The van der Waals surface area contributed by atoms with Gasteiger partial charge in [-0.05, 0) is 18.6 Å². The van der Waals surface area contributed by atoms with E-state index in [2.05, 4.69) is 10.3 Å². The van der Waals surface area contributed by atoms with Crippen molar-refractivity contribution in [2.45, 2.75) is 19.5 Å². The lowest BCUT2D eigenvalue weighted by Gasteiger charge is -2.12. The van der Waals surface area contributed by atoms with Crippen LogP contribution in [0, 0.1) is 10.1 Å². The molecule has 7 heteroatoms. The van der Waals surface area contributed by atoms with Crippen LogP contribution in [0.25, 0.3) is 6.08 Å². The first-order valence-electron chi connectivity index (χ1n) is 6.73. The molecule has 0 saturated heterocycles. The number of imidazole rings is 1. The van der Waals surface area contributed by atoms with Crippen LogP contribution in [0.4, 0.5) is 5.69 Å². The smallest absolute Gasteiger partial charge is 0.270 e. The number of rotatable bonds is 6. The summed E-state index contributed by atoms with van der Waals surface area (Å²) in [5.41, 5.74) is 0.600. The second-order valence-corrected chi connectivity index (χ2v) is 4.85. The molecule has 0 fully saturated rings. The summed E-state index contributed by atoms with van der Waals surface area (Å²) in [6.45, 7) is 2.51. The average Bonchev–Trinajstić information content (AvgIpc) is 2.98. The Morgan fingerprint density at radius 1 is 1.55 bits per heavy atom. The number of carbonyl (C=O) groups excluding carboxylic acids is 1. The van der Waals surface area contributed by atoms with E-state index < -0.39 is 4.92 Å². The first-order valence-corrected chi connectivity index (χ1v) is 6.73. The number of nitro benzene ring substituents is 1. The summed E-state index contributed by atoms with van der Waals surface area (Å²) in [5, 5.41) is 13.5. The SMILES string of the molecule is CC(Cn1ccnc1)NC(=O)C=Cc1cccc([N+](=O)[O-])c1. The predicted molar refractivity (Wildman–Crippen MR) is 82.0 cm³/mol. The molecule has 0 aliphatic heterocycles. The summed E-state index contributed by atoms with van der Waals surface area (Å²) in [6, 6.07) is 6.04. The van der Waals surface area contributed by atoms with Crippen molar-refractivity contribution < 1.29 is 9.72 Å². The van der Waals surface area contributed by atoms with Crippen molar-refractivity contribution in [2.24, 2.45) is 0 Å². The maximum absolute atomic E-state index is 11.8. The number of hydrogen-bond donors (Lipinski definition) is 1. The summed E-state index contributed by atoms with van der Waals surface area (Å²) >= 11 is 0. The third kappa shape index (κ3) is 4.55. The highest BCUT2D eigenvalue weighted by molar-refractivity contribution is 5.91. The van der Waals surface area contributed by atoms with Gasteiger partial charge in [-0.3, -0.25) is 14.9 Å². The minimum atomic E-state index is -0.468. The van der Waals surface area contributed by atoms with Crippen LogP contribution in [0.5, 0.6) is 0 Å². The van der Waals surface area contributed by atoms with Crippen LogP contribution in [0.1, 0.15) is 12.5 Å². The van der Waals surface area contributed by atoms with Crippen LogP contribution in [0.2, 0.25) is 0 Å². The van der Waals surface area contributed by atoms with E-state index >= 15 is 0 Å². The number of nitrogens with zero attached hydrogens (tertiary/aromatic N) is 3. The molecule has 0 spiro atoms. The van der Waals surface area contributed by atoms with Crippen LogP contribution < -0.4 is 5.32 Å². The van der Waals surface area contributed by atoms with Crippen LogP contribution in [-0.2, 0) is 11.3 Å². The lowest BCUT2D eigenvalue weighted by molar-refractivity contribution is -0.384. The van der Waals surface area contributed by atoms with Crippen molar-refractivity contribution in [3.05, 3.63) is 64.7 Å². The molecule has 1 amide bonds. The maximum atomic E-state index is 11.8. The van der Waals surface area contributed by atoms with Crippen LogP contribution in [0.3, 0.4) is 0 Å². The van der Waals surface area contributed by atoms with E-state index in [1.54, 1.807) is 30.7 Å². The van der Waals surface area contributed by atoms with Crippen molar-refractivity contribution in [1.29, 1.82) is 0 Å². The summed E-state index contributed by atoms with van der Waals surface area (Å²) in [7, 11) is 0. The van der Waals surface area contributed by atoms with Crippen LogP contribution in [0.15, 0.2) is 49.1 Å². The zero-order valence-electron chi connectivity index (χ0n) is 12.0. The number of nitro groups is 1. The first-order chi connectivity index (χ1) is 10.5. The van der Waals surface area contributed by atoms with Gasteiger partial charge in [-0.2, -0.15) is 0 Å². The lowest BCUT2D eigenvalue weighted by atomic mass is 10.2. The number of nitrogens with one attached hydrogen (secondary N) is 1. The number of benzene rings is 1. The van der Waals surface area contributed by atoms with Gasteiger partial charge in [-0.25, -0.2) is 4.98 Å². The molecule has 1 heterocycles.